The highest BCUT2D eigenvalue weighted by atomic mass is 32.2. The standard InChI is InChI=1S/C17H26N2O3S/c1-16(2,3)22-15(20)19-10-8-17(21,9-11-19)12-23-14-6-4-13(18)5-7-14/h4-7,21H,8-12,18H2,1-3H3. The molecule has 3 N–H and O–H groups in total. The molecule has 0 unspecified atom stereocenters. The van der Waals surface area contributed by atoms with Crippen LogP contribution in [-0.2, 0) is 4.74 Å². The topological polar surface area (TPSA) is 75.8 Å². The maximum Gasteiger partial charge on any atom is 0.410 e. The van der Waals surface area contributed by atoms with Gasteiger partial charge in [0.1, 0.15) is 5.60 Å². The molecule has 0 aromatic heterocycles. The molecule has 0 saturated carbocycles. The number of ether oxygens (including phenoxy) is 1. The number of rotatable bonds is 3. The van der Waals surface area contributed by atoms with E-state index >= 15 is 0 Å². The second kappa shape index (κ2) is 7.01. The lowest BCUT2D eigenvalue weighted by Crippen LogP contribution is -2.49. The smallest absolute Gasteiger partial charge is 0.410 e. The Morgan fingerprint density at radius 3 is 2.39 bits per heavy atom. The van der Waals surface area contributed by atoms with Gasteiger partial charge in [0.05, 0.1) is 5.60 Å². The molecule has 0 aliphatic carbocycles. The van der Waals surface area contributed by atoms with E-state index in [1.54, 1.807) is 16.7 Å². The molecule has 1 saturated heterocycles. The molecule has 1 aromatic carbocycles. The van der Waals surface area contributed by atoms with Gasteiger partial charge in [-0.2, -0.15) is 0 Å². The molecule has 1 aliphatic heterocycles. The normalized spacial score (nSPS) is 17.8. The summed E-state index contributed by atoms with van der Waals surface area (Å²) in [6.07, 6.45) is 0.827. The number of thioether (sulfide) groups is 1. The molecule has 1 fully saturated rings. The highest BCUT2D eigenvalue weighted by Crippen LogP contribution is 2.30. The first kappa shape index (κ1) is 17.9. The first-order valence-corrected chi connectivity index (χ1v) is 8.84. The summed E-state index contributed by atoms with van der Waals surface area (Å²) in [7, 11) is 0. The van der Waals surface area contributed by atoms with Gasteiger partial charge in [0.25, 0.3) is 0 Å². The Bertz CT molecular complexity index is 532. The van der Waals surface area contributed by atoms with E-state index in [9.17, 15) is 9.90 Å². The van der Waals surface area contributed by atoms with Crippen LogP contribution in [0.4, 0.5) is 10.5 Å². The van der Waals surface area contributed by atoms with Crippen LogP contribution in [0, 0.1) is 0 Å². The number of hydrogen-bond donors (Lipinski definition) is 2. The van der Waals surface area contributed by atoms with Gasteiger partial charge >= 0.3 is 6.09 Å². The molecule has 1 heterocycles. The van der Waals surface area contributed by atoms with E-state index in [1.807, 2.05) is 45.0 Å². The van der Waals surface area contributed by atoms with Crippen molar-refractivity contribution in [1.29, 1.82) is 0 Å². The minimum atomic E-state index is -0.745. The second-order valence-electron chi connectivity index (χ2n) is 7.05. The first-order chi connectivity index (χ1) is 10.7. The molecule has 1 aromatic rings. The molecule has 1 amide bonds. The minimum absolute atomic E-state index is 0.300. The van der Waals surface area contributed by atoms with Gasteiger partial charge in [0.2, 0.25) is 0 Å². The molecule has 5 nitrogen and oxygen atoms in total. The predicted molar refractivity (Wildman–Crippen MR) is 93.6 cm³/mol. The fourth-order valence-electron chi connectivity index (χ4n) is 2.36. The summed E-state index contributed by atoms with van der Waals surface area (Å²) in [6.45, 7) is 6.61. The Hall–Kier alpha value is -1.40. The van der Waals surface area contributed by atoms with E-state index in [2.05, 4.69) is 0 Å². The molecule has 2 rings (SSSR count). The Kier molecular flexibility index (Phi) is 5.47. The van der Waals surface area contributed by atoms with Crippen LogP contribution in [0.1, 0.15) is 33.6 Å². The molecule has 0 spiro atoms. The maximum absolute atomic E-state index is 12.0. The predicted octanol–water partition coefficient (Wildman–Crippen LogP) is 3.12. The summed E-state index contributed by atoms with van der Waals surface area (Å²) in [5.74, 6) is 0.610. The van der Waals surface area contributed by atoms with Crippen molar-refractivity contribution in [2.24, 2.45) is 0 Å². The summed E-state index contributed by atoms with van der Waals surface area (Å²) in [5.41, 5.74) is 5.17. The molecule has 0 radical (unpaired) electrons. The number of nitrogens with two attached hydrogens (primary N) is 1. The monoisotopic (exact) mass is 338 g/mol. The van der Waals surface area contributed by atoms with Crippen LogP contribution in [0.5, 0.6) is 0 Å². The van der Waals surface area contributed by atoms with Crippen molar-refractivity contribution in [3.8, 4) is 0 Å². The Labute approximate surface area is 142 Å². The zero-order valence-electron chi connectivity index (χ0n) is 14.0. The quantitative estimate of drug-likeness (QED) is 0.654. The van der Waals surface area contributed by atoms with Gasteiger partial charge in [0.15, 0.2) is 0 Å². The number of nitrogen functional groups attached to an aromatic ring is 1. The number of amides is 1. The highest BCUT2D eigenvalue weighted by molar-refractivity contribution is 7.99. The average molecular weight is 338 g/mol. The Morgan fingerprint density at radius 1 is 1.30 bits per heavy atom. The van der Waals surface area contributed by atoms with Crippen LogP contribution in [0.25, 0.3) is 0 Å². The number of carbonyl (C=O) groups excluding carboxylic acids is 1. The maximum atomic E-state index is 12.0. The van der Waals surface area contributed by atoms with Crippen LogP contribution in [-0.4, -0.2) is 46.1 Å². The van der Waals surface area contributed by atoms with Gasteiger partial charge in [-0.15, -0.1) is 11.8 Å². The molecule has 1 aliphatic rings. The number of aliphatic hydroxyl groups is 1. The van der Waals surface area contributed by atoms with Crippen molar-refractivity contribution in [3.63, 3.8) is 0 Å². The zero-order chi connectivity index (χ0) is 17.1. The number of likely N-dealkylation sites (tertiary alicyclic amines) is 1. The summed E-state index contributed by atoms with van der Waals surface area (Å²) in [5, 5.41) is 10.7. The van der Waals surface area contributed by atoms with Crippen LogP contribution in [0.3, 0.4) is 0 Å². The molecule has 6 heteroatoms. The van der Waals surface area contributed by atoms with Crippen LogP contribution >= 0.6 is 11.8 Å². The average Bonchev–Trinajstić information content (AvgIpc) is 2.46. The SMILES string of the molecule is CC(C)(C)OC(=O)N1CCC(O)(CSc2ccc(N)cc2)CC1. The molecular formula is C17H26N2O3S. The lowest BCUT2D eigenvalue weighted by atomic mass is 9.94. The van der Waals surface area contributed by atoms with E-state index in [0.717, 1.165) is 10.6 Å². The Balaban J connectivity index is 1.82. The molecule has 0 atom stereocenters. The lowest BCUT2D eigenvalue weighted by molar-refractivity contribution is -0.0190. The number of carbonyl (C=O) groups is 1. The van der Waals surface area contributed by atoms with Crippen molar-refractivity contribution in [1.82, 2.24) is 4.90 Å². The fourth-order valence-corrected chi connectivity index (χ4v) is 3.41. The summed E-state index contributed by atoms with van der Waals surface area (Å²) in [6, 6.07) is 7.63. The van der Waals surface area contributed by atoms with Crippen LogP contribution in [0.2, 0.25) is 0 Å². The van der Waals surface area contributed by atoms with Crippen molar-refractivity contribution in [3.05, 3.63) is 24.3 Å². The number of piperidine rings is 1. The molecule has 128 valence electrons. The molecule has 23 heavy (non-hydrogen) atoms. The van der Waals surface area contributed by atoms with Gasteiger partial charge in [-0.05, 0) is 57.9 Å². The number of nitrogens with zero attached hydrogens (tertiary/aromatic N) is 1. The van der Waals surface area contributed by atoms with Crippen molar-refractivity contribution >= 4 is 23.5 Å². The first-order valence-electron chi connectivity index (χ1n) is 7.86. The number of hydrogen-bond acceptors (Lipinski definition) is 5. The van der Waals surface area contributed by atoms with Crippen LogP contribution < -0.4 is 5.73 Å². The van der Waals surface area contributed by atoms with Crippen molar-refractivity contribution in [2.45, 2.75) is 49.7 Å². The van der Waals surface area contributed by atoms with Gasteiger partial charge in [-0.25, -0.2) is 4.79 Å². The summed E-state index contributed by atoms with van der Waals surface area (Å²) >= 11 is 1.61. The van der Waals surface area contributed by atoms with E-state index in [0.29, 0.717) is 31.7 Å². The third-order valence-corrected chi connectivity index (χ3v) is 5.02. The molecular weight excluding hydrogens is 312 g/mol. The zero-order valence-corrected chi connectivity index (χ0v) is 14.9. The van der Waals surface area contributed by atoms with E-state index in [-0.39, 0.29) is 6.09 Å². The van der Waals surface area contributed by atoms with E-state index in [4.69, 9.17) is 10.5 Å². The van der Waals surface area contributed by atoms with Gasteiger partial charge < -0.3 is 20.5 Å². The minimum Gasteiger partial charge on any atom is -0.444 e. The van der Waals surface area contributed by atoms with Crippen molar-refractivity contribution in [2.75, 3.05) is 24.6 Å². The van der Waals surface area contributed by atoms with E-state index < -0.39 is 11.2 Å². The molecule has 0 bridgehead atoms. The lowest BCUT2D eigenvalue weighted by Gasteiger charge is -2.38. The van der Waals surface area contributed by atoms with Crippen molar-refractivity contribution < 1.29 is 14.6 Å². The highest BCUT2D eigenvalue weighted by Gasteiger charge is 2.35. The summed E-state index contributed by atoms with van der Waals surface area (Å²) < 4.78 is 5.37. The Morgan fingerprint density at radius 2 is 1.87 bits per heavy atom. The third kappa shape index (κ3) is 5.62. The second-order valence-corrected chi connectivity index (χ2v) is 8.10. The number of benzene rings is 1. The van der Waals surface area contributed by atoms with Gasteiger partial charge in [0, 0.05) is 29.4 Å². The van der Waals surface area contributed by atoms with Gasteiger partial charge in [-0.3, -0.25) is 0 Å². The fraction of sp³-hybridized carbons (Fsp3) is 0.588. The van der Waals surface area contributed by atoms with E-state index in [1.165, 1.54) is 0 Å². The van der Waals surface area contributed by atoms with Crippen LogP contribution in [0.15, 0.2) is 29.2 Å². The van der Waals surface area contributed by atoms with Gasteiger partial charge in [-0.1, -0.05) is 0 Å². The number of anilines is 1. The largest absolute Gasteiger partial charge is 0.444 e. The third-order valence-electron chi connectivity index (χ3n) is 3.73. The summed E-state index contributed by atoms with van der Waals surface area (Å²) in [4.78, 5) is 14.8.